The van der Waals surface area contributed by atoms with Crippen LogP contribution in [0.1, 0.15) is 70.0 Å². The summed E-state index contributed by atoms with van der Waals surface area (Å²) >= 11 is 1.74. The summed E-state index contributed by atoms with van der Waals surface area (Å²) in [4.78, 5) is 5.75. The highest BCUT2D eigenvalue weighted by Gasteiger charge is 2.23. The first-order valence-electron chi connectivity index (χ1n) is 7.38. The first-order chi connectivity index (χ1) is 9.77. The van der Waals surface area contributed by atoms with E-state index < -0.39 is 0 Å². The van der Waals surface area contributed by atoms with Crippen LogP contribution in [0.4, 0.5) is 0 Å². The Hall–Kier alpha value is -1.29. The molecule has 0 saturated carbocycles. The van der Waals surface area contributed by atoms with E-state index in [0.717, 1.165) is 5.82 Å². The van der Waals surface area contributed by atoms with Crippen LogP contribution in [0, 0.1) is 0 Å². The highest BCUT2D eigenvalue weighted by molar-refractivity contribution is 7.99. The SMILES string of the molecule is CC(C)c1ccc(SC(C)c2nc(C(C)(C)C)no2)cc1. The van der Waals surface area contributed by atoms with Gasteiger partial charge in [0.05, 0.1) is 5.25 Å². The van der Waals surface area contributed by atoms with Crippen molar-refractivity contribution < 1.29 is 4.52 Å². The topological polar surface area (TPSA) is 38.9 Å². The molecule has 1 unspecified atom stereocenters. The van der Waals surface area contributed by atoms with Crippen LogP contribution in [0.2, 0.25) is 0 Å². The number of nitrogens with zero attached hydrogens (tertiary/aromatic N) is 2. The van der Waals surface area contributed by atoms with Crippen molar-refractivity contribution in [1.29, 1.82) is 0 Å². The number of thioether (sulfide) groups is 1. The second-order valence-corrected chi connectivity index (χ2v) is 8.10. The zero-order chi connectivity index (χ0) is 15.6. The van der Waals surface area contributed by atoms with Crippen LogP contribution >= 0.6 is 11.8 Å². The molecule has 0 aliphatic rings. The molecule has 0 radical (unpaired) electrons. The molecule has 1 aromatic heterocycles. The summed E-state index contributed by atoms with van der Waals surface area (Å²) in [7, 11) is 0. The second-order valence-electron chi connectivity index (χ2n) is 6.69. The van der Waals surface area contributed by atoms with E-state index in [0.29, 0.717) is 11.8 Å². The number of rotatable bonds is 4. The van der Waals surface area contributed by atoms with Gasteiger partial charge in [-0.3, -0.25) is 0 Å². The number of hydrogen-bond acceptors (Lipinski definition) is 4. The van der Waals surface area contributed by atoms with Crippen molar-refractivity contribution in [3.05, 3.63) is 41.5 Å². The van der Waals surface area contributed by atoms with Gasteiger partial charge in [0.2, 0.25) is 5.89 Å². The summed E-state index contributed by atoms with van der Waals surface area (Å²) in [6.07, 6.45) is 0. The predicted molar refractivity (Wildman–Crippen MR) is 87.8 cm³/mol. The molecule has 0 spiro atoms. The van der Waals surface area contributed by atoms with Gasteiger partial charge in [-0.1, -0.05) is 51.9 Å². The largest absolute Gasteiger partial charge is 0.338 e. The molecule has 0 aliphatic heterocycles. The Morgan fingerprint density at radius 1 is 1.05 bits per heavy atom. The Morgan fingerprint density at radius 2 is 1.67 bits per heavy atom. The van der Waals surface area contributed by atoms with Crippen molar-refractivity contribution in [2.24, 2.45) is 0 Å². The van der Waals surface area contributed by atoms with Crippen molar-refractivity contribution in [1.82, 2.24) is 10.1 Å². The van der Waals surface area contributed by atoms with E-state index >= 15 is 0 Å². The minimum absolute atomic E-state index is 0.0783. The van der Waals surface area contributed by atoms with Gasteiger partial charge in [-0.2, -0.15) is 4.98 Å². The lowest BCUT2D eigenvalue weighted by atomic mass is 9.96. The molecule has 1 heterocycles. The predicted octanol–water partition coefficient (Wildman–Crippen LogP) is 5.34. The van der Waals surface area contributed by atoms with E-state index in [1.54, 1.807) is 11.8 Å². The number of aromatic nitrogens is 2. The highest BCUT2D eigenvalue weighted by atomic mass is 32.2. The maximum absolute atomic E-state index is 5.41. The fraction of sp³-hybridized carbons (Fsp3) is 0.529. The minimum atomic E-state index is -0.0783. The first kappa shape index (κ1) is 16.1. The molecule has 0 bridgehead atoms. The van der Waals surface area contributed by atoms with E-state index in [1.807, 2.05) is 0 Å². The molecular formula is C17H24N2OS. The summed E-state index contributed by atoms with van der Waals surface area (Å²) < 4.78 is 5.41. The van der Waals surface area contributed by atoms with Crippen molar-refractivity contribution in [3.63, 3.8) is 0 Å². The van der Waals surface area contributed by atoms with Crippen LogP contribution < -0.4 is 0 Å². The summed E-state index contributed by atoms with van der Waals surface area (Å²) in [5.41, 5.74) is 1.28. The van der Waals surface area contributed by atoms with Gasteiger partial charge in [0, 0.05) is 10.3 Å². The number of benzene rings is 1. The fourth-order valence-electron chi connectivity index (χ4n) is 1.89. The highest BCUT2D eigenvalue weighted by Crippen LogP contribution is 2.35. The molecule has 0 fully saturated rings. The van der Waals surface area contributed by atoms with Crippen LogP contribution in [-0.4, -0.2) is 10.1 Å². The molecule has 1 atom stereocenters. The molecule has 2 aromatic rings. The van der Waals surface area contributed by atoms with E-state index in [1.165, 1.54) is 10.5 Å². The van der Waals surface area contributed by atoms with Gasteiger partial charge in [-0.05, 0) is 30.5 Å². The van der Waals surface area contributed by atoms with Gasteiger partial charge in [-0.15, -0.1) is 11.8 Å². The Bertz CT molecular complexity index is 582. The lowest BCUT2D eigenvalue weighted by Crippen LogP contribution is -2.13. The van der Waals surface area contributed by atoms with E-state index in [9.17, 15) is 0 Å². The number of hydrogen-bond donors (Lipinski definition) is 0. The van der Waals surface area contributed by atoms with Crippen LogP contribution in [0.5, 0.6) is 0 Å². The zero-order valence-corrected chi connectivity index (χ0v) is 14.5. The van der Waals surface area contributed by atoms with Crippen LogP contribution in [-0.2, 0) is 5.41 Å². The van der Waals surface area contributed by atoms with E-state index in [2.05, 4.69) is 75.9 Å². The molecular weight excluding hydrogens is 280 g/mol. The van der Waals surface area contributed by atoms with Gasteiger partial charge >= 0.3 is 0 Å². The average molecular weight is 304 g/mol. The Morgan fingerprint density at radius 3 is 2.14 bits per heavy atom. The van der Waals surface area contributed by atoms with Crippen molar-refractivity contribution in [2.45, 2.75) is 63.0 Å². The molecule has 0 saturated heterocycles. The summed E-state index contributed by atoms with van der Waals surface area (Å²) in [5, 5.41) is 4.24. The van der Waals surface area contributed by atoms with Crippen molar-refractivity contribution in [2.75, 3.05) is 0 Å². The van der Waals surface area contributed by atoms with Crippen molar-refractivity contribution in [3.8, 4) is 0 Å². The van der Waals surface area contributed by atoms with Gasteiger partial charge in [0.1, 0.15) is 0 Å². The minimum Gasteiger partial charge on any atom is -0.338 e. The first-order valence-corrected chi connectivity index (χ1v) is 8.26. The summed E-state index contributed by atoms with van der Waals surface area (Å²) in [6, 6.07) is 8.71. The molecule has 0 N–H and O–H groups in total. The smallest absolute Gasteiger partial charge is 0.239 e. The molecule has 0 aliphatic carbocycles. The summed E-state index contributed by atoms with van der Waals surface area (Å²) in [6.45, 7) is 12.8. The lowest BCUT2D eigenvalue weighted by molar-refractivity contribution is 0.364. The third-order valence-electron chi connectivity index (χ3n) is 3.32. The van der Waals surface area contributed by atoms with Gasteiger partial charge in [0.15, 0.2) is 5.82 Å². The Kier molecular flexibility index (Phi) is 4.77. The maximum Gasteiger partial charge on any atom is 0.239 e. The third-order valence-corrected chi connectivity index (χ3v) is 4.42. The van der Waals surface area contributed by atoms with Gasteiger partial charge < -0.3 is 4.52 Å². The molecule has 114 valence electrons. The third kappa shape index (κ3) is 4.10. The molecule has 4 heteroatoms. The molecule has 2 rings (SSSR count). The van der Waals surface area contributed by atoms with E-state index in [4.69, 9.17) is 4.52 Å². The van der Waals surface area contributed by atoms with Crippen molar-refractivity contribution >= 4 is 11.8 Å². The van der Waals surface area contributed by atoms with Crippen LogP contribution in [0.15, 0.2) is 33.7 Å². The van der Waals surface area contributed by atoms with Crippen LogP contribution in [0.3, 0.4) is 0 Å². The second kappa shape index (κ2) is 6.22. The Balaban J connectivity index is 2.07. The standard InChI is InChI=1S/C17H24N2OS/c1-11(2)13-7-9-14(10-8-13)21-12(3)15-18-16(19-20-15)17(4,5)6/h7-12H,1-6H3. The molecule has 1 aromatic carbocycles. The zero-order valence-electron chi connectivity index (χ0n) is 13.7. The monoisotopic (exact) mass is 304 g/mol. The lowest BCUT2D eigenvalue weighted by Gasteiger charge is -2.11. The normalized spacial score (nSPS) is 13.7. The van der Waals surface area contributed by atoms with E-state index in [-0.39, 0.29) is 10.7 Å². The quantitative estimate of drug-likeness (QED) is 0.714. The van der Waals surface area contributed by atoms with Crippen LogP contribution in [0.25, 0.3) is 0 Å². The van der Waals surface area contributed by atoms with Gasteiger partial charge in [0.25, 0.3) is 0 Å². The summed E-state index contributed by atoms with van der Waals surface area (Å²) in [5.74, 6) is 2.02. The average Bonchev–Trinajstić information content (AvgIpc) is 2.88. The fourth-order valence-corrected chi connectivity index (χ4v) is 2.79. The molecule has 0 amide bonds. The molecule has 3 nitrogen and oxygen atoms in total. The van der Waals surface area contributed by atoms with Gasteiger partial charge in [-0.25, -0.2) is 0 Å². The maximum atomic E-state index is 5.41. The molecule has 21 heavy (non-hydrogen) atoms. The Labute approximate surface area is 131 Å².